The maximum Gasteiger partial charge on any atom is 0.199 e. The molecule has 0 radical (unpaired) electrons. The third kappa shape index (κ3) is 4.00. The molecule has 29 heavy (non-hydrogen) atoms. The number of thiazole rings is 1. The van der Waals surface area contributed by atoms with Gasteiger partial charge in [0, 0.05) is 17.1 Å². The van der Waals surface area contributed by atoms with Gasteiger partial charge in [-0.25, -0.2) is 9.67 Å². The smallest absolute Gasteiger partial charge is 0.199 e. The summed E-state index contributed by atoms with van der Waals surface area (Å²) in [4.78, 5) is 7.01. The Bertz CT molecular complexity index is 1160. The second-order valence-corrected chi connectivity index (χ2v) is 8.81. The summed E-state index contributed by atoms with van der Waals surface area (Å²) in [5.74, 6) is 0.857. The summed E-state index contributed by atoms with van der Waals surface area (Å²) in [5, 5.41) is 6.61. The second-order valence-electron chi connectivity index (χ2n) is 6.95. The van der Waals surface area contributed by atoms with Gasteiger partial charge >= 0.3 is 0 Å². The Morgan fingerprint density at radius 3 is 2.59 bits per heavy atom. The largest absolute Gasteiger partial charge is 0.300 e. The van der Waals surface area contributed by atoms with Crippen molar-refractivity contribution in [3.05, 3.63) is 63.3 Å². The normalized spacial score (nSPS) is 12.7. The van der Waals surface area contributed by atoms with Crippen LogP contribution >= 0.6 is 35.2 Å². The van der Waals surface area contributed by atoms with Crippen molar-refractivity contribution in [2.24, 2.45) is 0 Å². The fraction of sp³-hybridized carbons (Fsp3) is 0.286. The van der Waals surface area contributed by atoms with Gasteiger partial charge in [-0.2, -0.15) is 5.10 Å². The molecule has 0 unspecified atom stereocenters. The average Bonchev–Trinajstić information content (AvgIpc) is 3.29. The van der Waals surface area contributed by atoms with Crippen molar-refractivity contribution < 1.29 is 0 Å². The lowest BCUT2D eigenvalue weighted by Crippen LogP contribution is -2.26. The monoisotopic (exact) mass is 443 g/mol. The van der Waals surface area contributed by atoms with E-state index in [1.54, 1.807) is 11.3 Å². The lowest BCUT2D eigenvalue weighted by atomic mass is 10.2. The minimum absolute atomic E-state index is 0.153. The van der Waals surface area contributed by atoms with E-state index in [4.69, 9.17) is 33.9 Å². The van der Waals surface area contributed by atoms with Crippen LogP contribution in [0.4, 0.5) is 0 Å². The van der Waals surface area contributed by atoms with Crippen molar-refractivity contribution in [3.8, 4) is 11.4 Å². The van der Waals surface area contributed by atoms with Gasteiger partial charge in [0.25, 0.3) is 0 Å². The van der Waals surface area contributed by atoms with Gasteiger partial charge in [0.05, 0.1) is 22.9 Å². The highest BCUT2D eigenvalue weighted by Gasteiger charge is 2.19. The van der Waals surface area contributed by atoms with E-state index in [0.29, 0.717) is 16.5 Å². The second kappa shape index (κ2) is 8.36. The van der Waals surface area contributed by atoms with Gasteiger partial charge in [0.2, 0.25) is 0 Å². The van der Waals surface area contributed by atoms with Crippen molar-refractivity contribution in [1.29, 1.82) is 0 Å². The molecule has 0 aliphatic rings. The maximum atomic E-state index is 6.04. The molecule has 0 bridgehead atoms. The maximum absolute atomic E-state index is 6.04. The number of hydrogen-bond donors (Lipinski definition) is 0. The van der Waals surface area contributed by atoms with Crippen LogP contribution in [0, 0.1) is 4.77 Å². The molecule has 8 heteroatoms. The highest BCUT2D eigenvalue weighted by atomic mass is 35.5. The zero-order valence-electron chi connectivity index (χ0n) is 16.5. The van der Waals surface area contributed by atoms with Crippen LogP contribution in [0.2, 0.25) is 5.02 Å². The molecule has 4 rings (SSSR count). The number of hydrogen-bond acceptors (Lipinski definition) is 5. The van der Waals surface area contributed by atoms with Crippen molar-refractivity contribution in [2.45, 2.75) is 33.1 Å². The fourth-order valence-electron chi connectivity index (χ4n) is 3.22. The number of nitrogens with zero attached hydrogens (tertiary/aromatic N) is 5. The summed E-state index contributed by atoms with van der Waals surface area (Å²) in [6, 6.07) is 16.1. The third-order valence-electron chi connectivity index (χ3n) is 5.03. The predicted molar refractivity (Wildman–Crippen MR) is 123 cm³/mol. The molecule has 0 saturated heterocycles. The Morgan fingerprint density at radius 1 is 1.17 bits per heavy atom. The van der Waals surface area contributed by atoms with Crippen LogP contribution in [-0.2, 0) is 13.2 Å². The van der Waals surface area contributed by atoms with E-state index in [1.807, 2.05) is 41.1 Å². The Kier molecular flexibility index (Phi) is 5.83. The van der Waals surface area contributed by atoms with E-state index in [0.717, 1.165) is 28.5 Å². The van der Waals surface area contributed by atoms with Crippen LogP contribution in [0.5, 0.6) is 0 Å². The van der Waals surface area contributed by atoms with Gasteiger partial charge in [-0.15, -0.1) is 11.3 Å². The van der Waals surface area contributed by atoms with Crippen LogP contribution in [-0.4, -0.2) is 31.3 Å². The average molecular weight is 444 g/mol. The molecule has 0 amide bonds. The first-order valence-electron chi connectivity index (χ1n) is 9.47. The van der Waals surface area contributed by atoms with Crippen molar-refractivity contribution in [2.75, 3.05) is 7.05 Å². The van der Waals surface area contributed by atoms with E-state index >= 15 is 0 Å². The number of para-hydroxylation sites is 1. The highest BCUT2D eigenvalue weighted by molar-refractivity contribution is 7.71. The highest BCUT2D eigenvalue weighted by Crippen LogP contribution is 2.29. The molecule has 4 aromatic rings. The van der Waals surface area contributed by atoms with Gasteiger partial charge in [-0.3, -0.25) is 4.90 Å². The van der Waals surface area contributed by atoms with Gasteiger partial charge < -0.3 is 4.57 Å². The number of aromatic nitrogens is 4. The Morgan fingerprint density at radius 2 is 1.90 bits per heavy atom. The number of fused-ring (bicyclic) bond motifs is 1. The summed E-state index contributed by atoms with van der Waals surface area (Å²) in [6.45, 7) is 5.59. The number of benzene rings is 2. The Hall–Kier alpha value is -2.06. The first-order chi connectivity index (χ1) is 14.0. The molecule has 2 aromatic carbocycles. The molecule has 0 N–H and O–H groups in total. The van der Waals surface area contributed by atoms with Gasteiger partial charge in [-0.05, 0) is 69.5 Å². The Labute approximate surface area is 184 Å². The van der Waals surface area contributed by atoms with E-state index in [1.165, 1.54) is 4.70 Å². The Balaban J connectivity index is 1.61. The van der Waals surface area contributed by atoms with Crippen LogP contribution < -0.4 is 0 Å². The molecule has 5 nitrogen and oxygen atoms in total. The van der Waals surface area contributed by atoms with E-state index in [2.05, 4.69) is 42.5 Å². The number of rotatable bonds is 6. The molecular formula is C21H22ClN5S2. The van der Waals surface area contributed by atoms with Crippen molar-refractivity contribution in [3.63, 3.8) is 0 Å². The van der Waals surface area contributed by atoms with Crippen LogP contribution in [0.15, 0.2) is 48.5 Å². The summed E-state index contributed by atoms with van der Waals surface area (Å²) in [5.41, 5.74) is 2.05. The molecular weight excluding hydrogens is 422 g/mol. The molecule has 2 heterocycles. The minimum atomic E-state index is 0.153. The lowest BCUT2D eigenvalue weighted by Gasteiger charge is -2.22. The van der Waals surface area contributed by atoms with Crippen LogP contribution in [0.3, 0.4) is 0 Å². The molecule has 1 atom stereocenters. The molecule has 150 valence electrons. The summed E-state index contributed by atoms with van der Waals surface area (Å²) >= 11 is 13.5. The number of halogens is 1. The SMILES string of the molecule is CCn1c(-c2ccc(Cl)cc2)nn(CN(C)[C@@H](C)c2nc3ccccc3s2)c1=S. The summed E-state index contributed by atoms with van der Waals surface area (Å²) in [7, 11) is 2.07. The molecule has 0 aliphatic heterocycles. The van der Waals surface area contributed by atoms with E-state index < -0.39 is 0 Å². The zero-order valence-corrected chi connectivity index (χ0v) is 18.9. The quantitative estimate of drug-likeness (QED) is 0.342. The first-order valence-corrected chi connectivity index (χ1v) is 11.1. The topological polar surface area (TPSA) is 38.9 Å². The third-order valence-corrected chi connectivity index (χ3v) is 6.92. The van der Waals surface area contributed by atoms with Gasteiger partial charge in [0.15, 0.2) is 10.6 Å². The van der Waals surface area contributed by atoms with Gasteiger partial charge in [-0.1, -0.05) is 23.7 Å². The minimum Gasteiger partial charge on any atom is -0.300 e. The molecule has 0 saturated carbocycles. The zero-order chi connectivity index (χ0) is 20.5. The van der Waals surface area contributed by atoms with E-state index in [-0.39, 0.29) is 6.04 Å². The fourth-order valence-corrected chi connectivity index (χ4v) is 4.75. The van der Waals surface area contributed by atoms with Crippen molar-refractivity contribution >= 4 is 45.4 Å². The summed E-state index contributed by atoms with van der Waals surface area (Å²) < 4.78 is 5.85. The molecule has 2 aromatic heterocycles. The molecule has 0 fully saturated rings. The standard InChI is InChI=1S/C21H22ClN5S2/c1-4-26-19(15-9-11-16(22)12-10-15)24-27(21(26)28)13-25(3)14(2)20-23-17-7-5-6-8-18(17)29-20/h5-12,14H,4,13H2,1-3H3/t14-/m0/s1. The van der Waals surface area contributed by atoms with Crippen LogP contribution in [0.1, 0.15) is 24.9 Å². The molecule has 0 spiro atoms. The van der Waals surface area contributed by atoms with Gasteiger partial charge in [0.1, 0.15) is 5.01 Å². The van der Waals surface area contributed by atoms with Crippen molar-refractivity contribution in [1.82, 2.24) is 24.2 Å². The van der Waals surface area contributed by atoms with E-state index in [9.17, 15) is 0 Å². The first kappa shape index (κ1) is 20.2. The predicted octanol–water partition coefficient (Wildman–Crippen LogP) is 6.01. The van der Waals surface area contributed by atoms with Crippen LogP contribution in [0.25, 0.3) is 21.6 Å². The lowest BCUT2D eigenvalue weighted by molar-refractivity contribution is 0.194. The summed E-state index contributed by atoms with van der Waals surface area (Å²) in [6.07, 6.45) is 0. The molecule has 0 aliphatic carbocycles.